The van der Waals surface area contributed by atoms with Gasteiger partial charge >= 0.3 is 0 Å². The van der Waals surface area contributed by atoms with Gasteiger partial charge < -0.3 is 8.98 Å². The molecule has 68 heavy (non-hydrogen) atoms. The van der Waals surface area contributed by atoms with Crippen LogP contribution in [0, 0.1) is 6.92 Å². The Morgan fingerprint density at radius 3 is 1.65 bits per heavy atom. The van der Waals surface area contributed by atoms with Crippen molar-refractivity contribution < 1.29 is 4.42 Å². The molecule has 20 radical (unpaired) electrons. The van der Waals surface area contributed by atoms with Crippen molar-refractivity contribution in [3.05, 3.63) is 127 Å². The Labute approximate surface area is 404 Å². The number of fused-ring (bicyclic) bond motifs is 9. The normalized spacial score (nSPS) is 11.9. The Kier molecular flexibility index (Phi) is 9.57. The van der Waals surface area contributed by atoms with Gasteiger partial charge in [0.05, 0.1) is 11.0 Å². The van der Waals surface area contributed by atoms with Crippen molar-refractivity contribution in [2.24, 2.45) is 0 Å². The first-order chi connectivity index (χ1) is 32.8. The second-order valence-electron chi connectivity index (χ2n) is 17.0. The Bertz CT molecular complexity index is 4110. The maximum absolute atomic E-state index is 7.40. The lowest BCUT2D eigenvalue weighted by Crippen LogP contribution is -2.36. The Hall–Kier alpha value is -7.18. The molecule has 0 spiro atoms. The van der Waals surface area contributed by atoms with E-state index in [-0.39, 0.29) is 71.6 Å². The number of rotatable bonds is 5. The van der Waals surface area contributed by atoms with Gasteiger partial charge in [0.1, 0.15) is 89.6 Å². The summed E-state index contributed by atoms with van der Waals surface area (Å²) in [5, 5.41) is 3.85. The summed E-state index contributed by atoms with van der Waals surface area (Å²) >= 11 is 0. The average Bonchev–Trinajstić information content (AvgIpc) is 4.03. The van der Waals surface area contributed by atoms with Gasteiger partial charge in [0.2, 0.25) is 5.95 Å². The molecule has 0 amide bonds. The van der Waals surface area contributed by atoms with Gasteiger partial charge in [0.25, 0.3) is 0 Å². The van der Waals surface area contributed by atoms with Crippen LogP contribution in [0.4, 0.5) is 0 Å². The lowest BCUT2D eigenvalue weighted by molar-refractivity contribution is 0.674. The molecule has 4 aromatic heterocycles. The van der Waals surface area contributed by atoms with E-state index in [1.54, 1.807) is 12.1 Å². The molecule has 12 aromatic rings. The molecule has 0 atom stereocenters. The predicted octanol–water partition coefficient (Wildman–Crippen LogP) is 1.21. The van der Waals surface area contributed by atoms with Crippen LogP contribution in [0.25, 0.3) is 111 Å². The van der Waals surface area contributed by atoms with Crippen molar-refractivity contribution >= 4 is 199 Å². The molecule has 12 rings (SSSR count). The van der Waals surface area contributed by atoms with Crippen molar-refractivity contribution in [3.8, 4) is 45.5 Å². The average molecular weight is 842 g/mol. The SMILES string of the molecule is [B]c1cc([B])c2oc3c([B])c(-n4c5c([B])cc([B])c([B])c5c5c([B])c([B])c(-c6ccccc6)c([B])c54)c(C)c([B])c3c2c1-c1nc(-c2ccccc2)nc(-n2c3ccccc3c3ccccc32)n1. The fourth-order valence-corrected chi connectivity index (χ4v) is 10.1. The van der Waals surface area contributed by atoms with Crippen LogP contribution in [0.15, 0.2) is 126 Å². The minimum atomic E-state index is 0.170. The van der Waals surface area contributed by atoms with Crippen LogP contribution in [-0.4, -0.2) is 103 Å². The summed E-state index contributed by atoms with van der Waals surface area (Å²) in [5.74, 6) is 1.02. The smallest absolute Gasteiger partial charge is 0.238 e. The zero-order valence-corrected chi connectivity index (χ0v) is 36.5. The number of hydrogen-bond acceptors (Lipinski definition) is 4. The molecule has 0 aliphatic rings. The summed E-state index contributed by atoms with van der Waals surface area (Å²) < 4.78 is 10.6. The highest BCUT2D eigenvalue weighted by Crippen LogP contribution is 2.38. The van der Waals surface area contributed by atoms with Crippen LogP contribution in [0.2, 0.25) is 0 Å². The van der Waals surface area contributed by atoms with Gasteiger partial charge in [0.15, 0.2) is 11.6 Å². The predicted molar refractivity (Wildman–Crippen MR) is 291 cm³/mol. The summed E-state index contributed by atoms with van der Waals surface area (Å²) in [6.07, 6.45) is 0. The van der Waals surface area contributed by atoms with Gasteiger partial charge in [-0.1, -0.05) is 153 Å². The molecule has 292 valence electrons. The minimum absolute atomic E-state index is 0.170. The lowest BCUT2D eigenvalue weighted by atomic mass is 9.67. The highest BCUT2D eigenvalue weighted by molar-refractivity contribution is 6.65. The van der Waals surface area contributed by atoms with Crippen molar-refractivity contribution in [3.63, 3.8) is 0 Å². The number of benzene rings is 8. The first-order valence-corrected chi connectivity index (χ1v) is 21.6. The topological polar surface area (TPSA) is 61.7 Å². The van der Waals surface area contributed by atoms with Gasteiger partial charge in [-0.15, -0.1) is 5.46 Å². The van der Waals surface area contributed by atoms with E-state index < -0.39 is 0 Å². The third kappa shape index (κ3) is 5.88. The van der Waals surface area contributed by atoms with Crippen LogP contribution < -0.4 is 54.6 Å². The van der Waals surface area contributed by atoms with E-state index in [1.807, 2.05) is 113 Å². The molecule has 0 saturated heterocycles. The first-order valence-electron chi connectivity index (χ1n) is 21.6. The second-order valence-corrected chi connectivity index (χ2v) is 17.0. The van der Waals surface area contributed by atoms with Crippen LogP contribution in [-0.2, 0) is 0 Å². The summed E-state index contributed by atoms with van der Waals surface area (Å²) in [7, 11) is 69.9. The molecule has 6 nitrogen and oxygen atoms in total. The molecule has 0 bridgehead atoms. The largest absolute Gasteiger partial charge is 0.457 e. The summed E-state index contributed by atoms with van der Waals surface area (Å²) in [4.78, 5) is 15.4. The number of nitrogens with zero attached hydrogens (tertiary/aromatic N) is 5. The molecule has 4 heterocycles. The van der Waals surface area contributed by atoms with E-state index in [0.29, 0.717) is 66.7 Å². The molecule has 0 N–H and O–H groups in total. The monoisotopic (exact) mass is 843 g/mol. The number of para-hydroxylation sites is 2. The highest BCUT2D eigenvalue weighted by Gasteiger charge is 2.29. The summed E-state index contributed by atoms with van der Waals surface area (Å²) in [5.41, 5.74) is 8.97. The fourth-order valence-electron chi connectivity index (χ4n) is 10.1. The van der Waals surface area contributed by atoms with Gasteiger partial charge in [-0.3, -0.25) is 4.57 Å². The molecular weight excluding hydrogens is 819 g/mol. The zero-order chi connectivity index (χ0) is 47.0. The van der Waals surface area contributed by atoms with Crippen molar-refractivity contribution in [2.75, 3.05) is 0 Å². The first kappa shape index (κ1) is 42.2. The van der Waals surface area contributed by atoms with Crippen LogP contribution in [0.5, 0.6) is 0 Å². The van der Waals surface area contributed by atoms with Crippen molar-refractivity contribution in [1.82, 2.24) is 24.1 Å². The standard InChI is InChI=1S/C52H23B10N5O/c1-22-39(57)38-35-34(51-63-50(24-14-6-3-7-15-24)64-52(65-51)66-31-18-10-8-16-25(31)26-17-9-11-19-32(26)66)27(53)20-30(56)48(35)68-49(38)44(62)45(22)67-46-29(55)21-28(54)40(58)36(46)37-42(60)41(59)33(43(61)47(37)67)23-12-4-2-5-13-23/h2-21H,1H3. The van der Waals surface area contributed by atoms with Crippen LogP contribution in [0.1, 0.15) is 5.56 Å². The highest BCUT2D eigenvalue weighted by atomic mass is 16.3. The summed E-state index contributed by atoms with van der Waals surface area (Å²) in [6.45, 7) is 1.84. The zero-order valence-electron chi connectivity index (χ0n) is 36.5. The number of aromatic nitrogens is 5. The Morgan fingerprint density at radius 2 is 0.985 bits per heavy atom. The third-order valence-electron chi connectivity index (χ3n) is 13.2. The van der Waals surface area contributed by atoms with Crippen LogP contribution >= 0.6 is 0 Å². The van der Waals surface area contributed by atoms with Crippen molar-refractivity contribution in [2.45, 2.75) is 6.92 Å². The number of furan rings is 1. The Morgan fingerprint density at radius 1 is 0.412 bits per heavy atom. The van der Waals surface area contributed by atoms with E-state index in [1.165, 1.54) is 0 Å². The molecule has 0 fully saturated rings. The molecule has 8 aromatic carbocycles. The maximum atomic E-state index is 7.40. The number of hydrogen-bond donors (Lipinski definition) is 0. The summed E-state index contributed by atoms with van der Waals surface area (Å²) in [6, 6.07) is 38.6. The van der Waals surface area contributed by atoms with Crippen molar-refractivity contribution in [1.29, 1.82) is 0 Å². The van der Waals surface area contributed by atoms with E-state index in [0.717, 1.165) is 32.9 Å². The third-order valence-corrected chi connectivity index (χ3v) is 13.2. The second kappa shape index (κ2) is 15.4. The van der Waals surface area contributed by atoms with Gasteiger partial charge in [-0.05, 0) is 52.0 Å². The van der Waals surface area contributed by atoms with Gasteiger partial charge in [-0.25, -0.2) is 4.98 Å². The molecule has 0 unspecified atom stereocenters. The molecule has 16 heteroatoms. The van der Waals surface area contributed by atoms with E-state index in [4.69, 9.17) is 97.8 Å². The minimum Gasteiger partial charge on any atom is -0.457 e. The van der Waals surface area contributed by atoms with E-state index in [2.05, 4.69) is 12.1 Å². The maximum Gasteiger partial charge on any atom is 0.238 e. The van der Waals surface area contributed by atoms with E-state index >= 15 is 0 Å². The fraction of sp³-hybridized carbons (Fsp3) is 0.0192. The van der Waals surface area contributed by atoms with Crippen LogP contribution in [0.3, 0.4) is 0 Å². The quantitative estimate of drug-likeness (QED) is 0.245. The van der Waals surface area contributed by atoms with E-state index in [9.17, 15) is 0 Å². The molecule has 0 saturated carbocycles. The molecule has 0 aliphatic carbocycles. The van der Waals surface area contributed by atoms with Gasteiger partial charge in [-0.2, -0.15) is 9.97 Å². The van der Waals surface area contributed by atoms with Gasteiger partial charge in [0, 0.05) is 49.4 Å². The molecular formula is C52H23B10N5O. The molecule has 0 aliphatic heterocycles. The Balaban J connectivity index is 1.20. The lowest BCUT2D eigenvalue weighted by Gasteiger charge is -2.22.